The van der Waals surface area contributed by atoms with E-state index >= 15 is 0 Å². The number of thiophene rings is 1. The monoisotopic (exact) mass is 386 g/mol. The fourth-order valence-corrected chi connectivity index (χ4v) is 3.24. The quantitative estimate of drug-likeness (QED) is 0.562. The van der Waals surface area contributed by atoms with Crippen LogP contribution in [-0.4, -0.2) is 30.1 Å². The van der Waals surface area contributed by atoms with Gasteiger partial charge in [0.25, 0.3) is 11.8 Å². The number of primary amides is 1. The number of nitrogens with one attached hydrogen (secondary N) is 1. The second kappa shape index (κ2) is 8.58. The third kappa shape index (κ3) is 5.54. The second-order valence-electron chi connectivity index (χ2n) is 4.60. The van der Waals surface area contributed by atoms with Crippen LogP contribution in [-0.2, 0) is 14.3 Å². The Hall–Kier alpha value is -2.46. The van der Waals surface area contributed by atoms with Crippen molar-refractivity contribution < 1.29 is 27.9 Å². The maximum absolute atomic E-state index is 13.4. The van der Waals surface area contributed by atoms with E-state index < -0.39 is 36.0 Å². The Balaban J connectivity index is 1.79. The number of amides is 2. The number of benzene rings is 1. The van der Waals surface area contributed by atoms with Gasteiger partial charge in [-0.05, 0) is 29.6 Å². The molecule has 2 amide bonds. The summed E-state index contributed by atoms with van der Waals surface area (Å²) in [5, 5.41) is 4.23. The van der Waals surface area contributed by atoms with E-state index in [-0.39, 0.29) is 21.2 Å². The molecule has 132 valence electrons. The van der Waals surface area contributed by atoms with Gasteiger partial charge in [0, 0.05) is 4.90 Å². The van der Waals surface area contributed by atoms with Crippen LogP contribution in [0.25, 0.3) is 0 Å². The number of carbonyl (C=O) groups is 3. The van der Waals surface area contributed by atoms with E-state index in [4.69, 9.17) is 10.5 Å². The summed E-state index contributed by atoms with van der Waals surface area (Å²) < 4.78 is 31.2. The molecule has 0 bridgehead atoms. The van der Waals surface area contributed by atoms with Gasteiger partial charge >= 0.3 is 5.97 Å². The fraction of sp³-hybridized carbons (Fsp3) is 0.133. The highest BCUT2D eigenvalue weighted by Gasteiger charge is 2.14. The maximum atomic E-state index is 13.4. The lowest BCUT2D eigenvalue weighted by atomic mass is 10.3. The molecule has 0 radical (unpaired) electrons. The van der Waals surface area contributed by atoms with Crippen LogP contribution in [0.4, 0.5) is 13.8 Å². The van der Waals surface area contributed by atoms with Crippen molar-refractivity contribution in [1.29, 1.82) is 0 Å². The van der Waals surface area contributed by atoms with Crippen LogP contribution in [0, 0.1) is 11.6 Å². The minimum absolute atomic E-state index is 0.0360. The Kier molecular flexibility index (Phi) is 6.48. The third-order valence-corrected chi connectivity index (χ3v) is 4.62. The SMILES string of the molecule is NC(=O)c1ccsc1NC(=O)COC(=O)CSc1cc(F)ccc1F. The third-order valence-electron chi connectivity index (χ3n) is 2.79. The zero-order valence-electron chi connectivity index (χ0n) is 12.6. The van der Waals surface area contributed by atoms with Crippen LogP contribution < -0.4 is 11.1 Å². The minimum Gasteiger partial charge on any atom is -0.455 e. The van der Waals surface area contributed by atoms with Crippen molar-refractivity contribution in [2.24, 2.45) is 5.73 Å². The molecule has 2 rings (SSSR count). The van der Waals surface area contributed by atoms with Gasteiger partial charge in [-0.1, -0.05) is 0 Å². The predicted molar refractivity (Wildman–Crippen MR) is 89.5 cm³/mol. The molecule has 0 spiro atoms. The largest absolute Gasteiger partial charge is 0.455 e. The zero-order valence-corrected chi connectivity index (χ0v) is 14.2. The van der Waals surface area contributed by atoms with E-state index in [1.165, 1.54) is 6.07 Å². The molecule has 0 fully saturated rings. The smallest absolute Gasteiger partial charge is 0.316 e. The summed E-state index contributed by atoms with van der Waals surface area (Å²) in [4.78, 5) is 34.4. The number of ether oxygens (including phenoxy) is 1. The number of halogens is 2. The number of rotatable bonds is 7. The van der Waals surface area contributed by atoms with Crippen molar-refractivity contribution in [3.8, 4) is 0 Å². The number of carbonyl (C=O) groups excluding carboxylic acids is 3. The van der Waals surface area contributed by atoms with Crippen LogP contribution in [0.15, 0.2) is 34.5 Å². The van der Waals surface area contributed by atoms with Crippen molar-refractivity contribution in [2.75, 3.05) is 17.7 Å². The molecule has 0 aliphatic carbocycles. The van der Waals surface area contributed by atoms with Gasteiger partial charge in [0.15, 0.2) is 6.61 Å². The fourth-order valence-electron chi connectivity index (χ4n) is 1.68. The molecule has 3 N–H and O–H groups in total. The molecule has 0 atom stereocenters. The molecule has 1 aromatic carbocycles. The molecule has 0 aliphatic heterocycles. The Labute approximate surface area is 149 Å². The number of thioether (sulfide) groups is 1. The van der Waals surface area contributed by atoms with E-state index in [9.17, 15) is 23.2 Å². The van der Waals surface area contributed by atoms with E-state index in [1.54, 1.807) is 5.38 Å². The Bertz CT molecular complexity index is 811. The van der Waals surface area contributed by atoms with Gasteiger partial charge in [-0.3, -0.25) is 14.4 Å². The molecule has 1 aromatic heterocycles. The van der Waals surface area contributed by atoms with Crippen LogP contribution in [0.2, 0.25) is 0 Å². The first-order valence-electron chi connectivity index (χ1n) is 6.77. The van der Waals surface area contributed by atoms with Crippen LogP contribution in [0.1, 0.15) is 10.4 Å². The molecule has 0 aliphatic rings. The number of hydrogen-bond acceptors (Lipinski definition) is 6. The highest BCUT2D eigenvalue weighted by Crippen LogP contribution is 2.23. The normalized spacial score (nSPS) is 10.3. The average molecular weight is 386 g/mol. The highest BCUT2D eigenvalue weighted by molar-refractivity contribution is 8.00. The first-order valence-corrected chi connectivity index (χ1v) is 8.64. The van der Waals surface area contributed by atoms with E-state index in [2.05, 4.69) is 5.32 Å². The summed E-state index contributed by atoms with van der Waals surface area (Å²) in [6.07, 6.45) is 0. The van der Waals surface area contributed by atoms with Gasteiger partial charge in [0.1, 0.15) is 16.6 Å². The lowest BCUT2D eigenvalue weighted by Crippen LogP contribution is -2.22. The summed E-state index contributed by atoms with van der Waals surface area (Å²) in [6, 6.07) is 4.34. The van der Waals surface area contributed by atoms with Crippen molar-refractivity contribution in [3.05, 3.63) is 46.8 Å². The van der Waals surface area contributed by atoms with E-state index in [1.807, 2.05) is 0 Å². The highest BCUT2D eigenvalue weighted by atomic mass is 32.2. The molecule has 2 aromatic rings. The molecule has 10 heteroatoms. The van der Waals surface area contributed by atoms with Crippen molar-refractivity contribution >= 4 is 45.9 Å². The van der Waals surface area contributed by atoms with Gasteiger partial charge in [-0.15, -0.1) is 23.1 Å². The zero-order chi connectivity index (χ0) is 18.4. The summed E-state index contributed by atoms with van der Waals surface area (Å²) in [5.74, 6) is -3.70. The van der Waals surface area contributed by atoms with Crippen molar-refractivity contribution in [1.82, 2.24) is 0 Å². The summed E-state index contributed by atoms with van der Waals surface area (Å²) >= 11 is 1.85. The summed E-state index contributed by atoms with van der Waals surface area (Å²) in [7, 11) is 0. The van der Waals surface area contributed by atoms with E-state index in [0.29, 0.717) is 0 Å². The van der Waals surface area contributed by atoms with Crippen LogP contribution in [0.5, 0.6) is 0 Å². The molecular formula is C15H12F2N2O4S2. The lowest BCUT2D eigenvalue weighted by Gasteiger charge is -2.07. The summed E-state index contributed by atoms with van der Waals surface area (Å²) in [6.45, 7) is -0.582. The van der Waals surface area contributed by atoms with E-state index in [0.717, 1.165) is 41.3 Å². The Morgan fingerprint density at radius 1 is 1.24 bits per heavy atom. The lowest BCUT2D eigenvalue weighted by molar-refractivity contribution is -0.144. The average Bonchev–Trinajstić information content (AvgIpc) is 3.02. The molecular weight excluding hydrogens is 374 g/mol. The van der Waals surface area contributed by atoms with Crippen LogP contribution in [0.3, 0.4) is 0 Å². The topological polar surface area (TPSA) is 98.5 Å². The number of nitrogens with two attached hydrogens (primary N) is 1. The first kappa shape index (κ1) is 18.9. The standard InChI is InChI=1S/C15H12F2N2O4S2/c16-8-1-2-10(17)11(5-8)25-7-13(21)23-6-12(20)19-15-9(14(18)22)3-4-24-15/h1-5H,6-7H2,(H2,18,22)(H,19,20). The number of anilines is 1. The van der Waals surface area contributed by atoms with Gasteiger partial charge in [-0.2, -0.15) is 0 Å². The molecule has 0 saturated carbocycles. The predicted octanol–water partition coefficient (Wildman–Crippen LogP) is 2.40. The van der Waals surface area contributed by atoms with Gasteiger partial charge in [0.2, 0.25) is 0 Å². The Morgan fingerprint density at radius 2 is 2.00 bits per heavy atom. The van der Waals surface area contributed by atoms with Gasteiger partial charge in [-0.25, -0.2) is 8.78 Å². The molecule has 6 nitrogen and oxygen atoms in total. The number of hydrogen-bond donors (Lipinski definition) is 2. The number of esters is 1. The minimum atomic E-state index is -0.773. The molecule has 0 saturated heterocycles. The van der Waals surface area contributed by atoms with Crippen molar-refractivity contribution in [3.63, 3.8) is 0 Å². The van der Waals surface area contributed by atoms with Crippen LogP contribution >= 0.6 is 23.1 Å². The van der Waals surface area contributed by atoms with Gasteiger partial charge in [0.05, 0.1) is 11.3 Å². The van der Waals surface area contributed by atoms with Crippen molar-refractivity contribution in [2.45, 2.75) is 4.90 Å². The first-order chi connectivity index (χ1) is 11.9. The summed E-state index contributed by atoms with van der Waals surface area (Å²) in [5.41, 5.74) is 5.30. The molecule has 0 unspecified atom stereocenters. The molecule has 1 heterocycles. The second-order valence-corrected chi connectivity index (χ2v) is 6.53. The molecule has 25 heavy (non-hydrogen) atoms. The Morgan fingerprint density at radius 3 is 2.72 bits per heavy atom. The van der Waals surface area contributed by atoms with Gasteiger partial charge < -0.3 is 15.8 Å². The maximum Gasteiger partial charge on any atom is 0.316 e.